The smallest absolute Gasteiger partial charge is 0.312 e. The van der Waals surface area contributed by atoms with Gasteiger partial charge in [-0.05, 0) is 57.3 Å². The molecule has 0 aromatic carbocycles. The van der Waals surface area contributed by atoms with E-state index < -0.39 is 0 Å². The molecule has 2 heteroatoms. The second-order valence-corrected chi connectivity index (χ2v) is 7.66. The van der Waals surface area contributed by atoms with Gasteiger partial charge in [0.25, 0.3) is 0 Å². The lowest BCUT2D eigenvalue weighted by molar-refractivity contribution is -0.178. The second kappa shape index (κ2) is 6.95. The Bertz CT molecular complexity index is 313. The SMILES string of the molecule is CCC(CC(C)C)(C(=O)OC1(C)CCCCC1)C(C)C. The summed E-state index contributed by atoms with van der Waals surface area (Å²) in [4.78, 5) is 12.9. The van der Waals surface area contributed by atoms with Gasteiger partial charge in [0.2, 0.25) is 0 Å². The fourth-order valence-corrected chi connectivity index (χ4v) is 3.71. The Morgan fingerprint density at radius 2 is 1.70 bits per heavy atom. The average Bonchev–Trinajstić information content (AvgIpc) is 2.35. The average molecular weight is 282 g/mol. The molecular weight excluding hydrogens is 248 g/mol. The van der Waals surface area contributed by atoms with Gasteiger partial charge in [-0.1, -0.05) is 41.0 Å². The first-order chi connectivity index (χ1) is 9.26. The van der Waals surface area contributed by atoms with Gasteiger partial charge in [-0.15, -0.1) is 0 Å². The second-order valence-electron chi connectivity index (χ2n) is 7.66. The van der Waals surface area contributed by atoms with Crippen molar-refractivity contribution in [1.82, 2.24) is 0 Å². The highest BCUT2D eigenvalue weighted by atomic mass is 16.6. The van der Waals surface area contributed by atoms with Crippen LogP contribution in [0.15, 0.2) is 0 Å². The Labute approximate surface area is 125 Å². The Hall–Kier alpha value is -0.530. The first kappa shape index (κ1) is 17.5. The molecule has 2 nitrogen and oxygen atoms in total. The van der Waals surface area contributed by atoms with E-state index in [0.29, 0.717) is 11.8 Å². The summed E-state index contributed by atoms with van der Waals surface area (Å²) in [6, 6.07) is 0. The predicted octanol–water partition coefficient (Wildman–Crippen LogP) is 5.35. The van der Waals surface area contributed by atoms with Crippen LogP contribution in [-0.2, 0) is 9.53 Å². The van der Waals surface area contributed by atoms with E-state index in [9.17, 15) is 4.79 Å². The zero-order valence-corrected chi connectivity index (χ0v) is 14.4. The lowest BCUT2D eigenvalue weighted by Crippen LogP contribution is -2.44. The molecule has 0 amide bonds. The first-order valence-electron chi connectivity index (χ1n) is 8.49. The molecule has 0 heterocycles. The number of carbonyl (C=O) groups is 1. The maximum atomic E-state index is 12.9. The van der Waals surface area contributed by atoms with Gasteiger partial charge in [-0.2, -0.15) is 0 Å². The summed E-state index contributed by atoms with van der Waals surface area (Å²) in [6.45, 7) is 13.0. The minimum absolute atomic E-state index is 0.0492. The molecule has 1 rings (SSSR count). The standard InChI is InChI=1S/C18H34O2/c1-7-18(15(4)5,13-14(2)3)16(19)20-17(6)11-9-8-10-12-17/h14-15H,7-13H2,1-6H3. The van der Waals surface area contributed by atoms with Crippen LogP contribution in [0.5, 0.6) is 0 Å². The van der Waals surface area contributed by atoms with E-state index >= 15 is 0 Å². The topological polar surface area (TPSA) is 26.3 Å². The van der Waals surface area contributed by atoms with Gasteiger partial charge in [-0.25, -0.2) is 0 Å². The van der Waals surface area contributed by atoms with Crippen molar-refractivity contribution in [3.05, 3.63) is 0 Å². The summed E-state index contributed by atoms with van der Waals surface area (Å²) >= 11 is 0. The van der Waals surface area contributed by atoms with Crippen molar-refractivity contribution in [1.29, 1.82) is 0 Å². The molecule has 1 aliphatic rings. The lowest BCUT2D eigenvalue weighted by atomic mass is 9.69. The molecular formula is C18H34O2. The minimum atomic E-state index is -0.311. The molecule has 1 fully saturated rings. The van der Waals surface area contributed by atoms with E-state index in [-0.39, 0.29) is 17.0 Å². The fraction of sp³-hybridized carbons (Fsp3) is 0.944. The highest BCUT2D eigenvalue weighted by Crippen LogP contribution is 2.42. The van der Waals surface area contributed by atoms with Crippen molar-refractivity contribution in [3.8, 4) is 0 Å². The van der Waals surface area contributed by atoms with Gasteiger partial charge >= 0.3 is 5.97 Å². The molecule has 0 aromatic rings. The summed E-state index contributed by atoms with van der Waals surface area (Å²) in [5, 5.41) is 0. The monoisotopic (exact) mass is 282 g/mol. The first-order valence-corrected chi connectivity index (χ1v) is 8.49. The van der Waals surface area contributed by atoms with Crippen molar-refractivity contribution in [3.63, 3.8) is 0 Å². The van der Waals surface area contributed by atoms with Crippen LogP contribution in [0.2, 0.25) is 0 Å². The molecule has 0 bridgehead atoms. The molecule has 0 saturated heterocycles. The van der Waals surface area contributed by atoms with E-state index in [0.717, 1.165) is 25.7 Å². The van der Waals surface area contributed by atoms with Gasteiger partial charge in [0.1, 0.15) is 5.60 Å². The van der Waals surface area contributed by atoms with Gasteiger partial charge in [0.05, 0.1) is 5.41 Å². The Morgan fingerprint density at radius 3 is 2.10 bits per heavy atom. The van der Waals surface area contributed by atoms with Gasteiger partial charge in [-0.3, -0.25) is 4.79 Å². The Kier molecular flexibility index (Phi) is 6.09. The quantitative estimate of drug-likeness (QED) is 0.614. The Balaban J connectivity index is 2.87. The van der Waals surface area contributed by atoms with Crippen LogP contribution in [0.3, 0.4) is 0 Å². The summed E-state index contributed by atoms with van der Waals surface area (Å²) in [7, 11) is 0. The van der Waals surface area contributed by atoms with Gasteiger partial charge in [0.15, 0.2) is 0 Å². The van der Waals surface area contributed by atoms with Crippen LogP contribution in [0.25, 0.3) is 0 Å². The van der Waals surface area contributed by atoms with Crippen molar-refractivity contribution in [2.75, 3.05) is 0 Å². The molecule has 20 heavy (non-hydrogen) atoms. The van der Waals surface area contributed by atoms with E-state index in [2.05, 4.69) is 41.5 Å². The van der Waals surface area contributed by atoms with Crippen molar-refractivity contribution >= 4 is 5.97 Å². The highest BCUT2D eigenvalue weighted by molar-refractivity contribution is 5.77. The van der Waals surface area contributed by atoms with Crippen LogP contribution in [0.1, 0.15) is 86.5 Å². The molecule has 118 valence electrons. The summed E-state index contributed by atoms with van der Waals surface area (Å²) in [6.07, 6.45) is 7.51. The molecule has 1 aliphatic carbocycles. The van der Waals surface area contributed by atoms with Crippen LogP contribution in [-0.4, -0.2) is 11.6 Å². The third kappa shape index (κ3) is 3.99. The van der Waals surface area contributed by atoms with Crippen molar-refractivity contribution < 1.29 is 9.53 Å². The zero-order valence-electron chi connectivity index (χ0n) is 14.4. The van der Waals surface area contributed by atoms with Crippen LogP contribution < -0.4 is 0 Å². The summed E-state index contributed by atoms with van der Waals surface area (Å²) in [5.74, 6) is 0.895. The lowest BCUT2D eigenvalue weighted by Gasteiger charge is -2.41. The van der Waals surface area contributed by atoms with E-state index in [1.165, 1.54) is 19.3 Å². The van der Waals surface area contributed by atoms with Crippen LogP contribution in [0, 0.1) is 17.3 Å². The van der Waals surface area contributed by atoms with Gasteiger partial charge < -0.3 is 4.74 Å². The maximum Gasteiger partial charge on any atom is 0.312 e. The summed E-state index contributed by atoms with van der Waals surface area (Å²) < 4.78 is 6.06. The molecule has 0 aromatic heterocycles. The normalized spacial score (nSPS) is 21.8. The number of rotatable bonds is 6. The van der Waals surface area contributed by atoms with Crippen molar-refractivity contribution in [2.45, 2.75) is 92.1 Å². The molecule has 1 saturated carbocycles. The van der Waals surface area contributed by atoms with Crippen molar-refractivity contribution in [2.24, 2.45) is 17.3 Å². The molecule has 1 unspecified atom stereocenters. The number of hydrogen-bond acceptors (Lipinski definition) is 2. The van der Waals surface area contributed by atoms with Crippen LogP contribution >= 0.6 is 0 Å². The molecule has 0 N–H and O–H groups in total. The summed E-state index contributed by atoms with van der Waals surface area (Å²) in [5.41, 5.74) is -0.532. The highest BCUT2D eigenvalue weighted by Gasteiger charge is 2.44. The third-order valence-corrected chi connectivity index (χ3v) is 5.17. The van der Waals surface area contributed by atoms with E-state index in [4.69, 9.17) is 4.74 Å². The van der Waals surface area contributed by atoms with Crippen LogP contribution in [0.4, 0.5) is 0 Å². The molecule has 0 spiro atoms. The number of esters is 1. The zero-order chi connectivity index (χ0) is 15.4. The minimum Gasteiger partial charge on any atom is -0.459 e. The number of hydrogen-bond donors (Lipinski definition) is 0. The largest absolute Gasteiger partial charge is 0.459 e. The van der Waals surface area contributed by atoms with Gasteiger partial charge in [0, 0.05) is 0 Å². The molecule has 1 atom stereocenters. The maximum absolute atomic E-state index is 12.9. The van der Waals surface area contributed by atoms with E-state index in [1.54, 1.807) is 0 Å². The number of ether oxygens (including phenoxy) is 1. The fourth-order valence-electron chi connectivity index (χ4n) is 3.71. The molecule has 0 aliphatic heterocycles. The predicted molar refractivity (Wildman–Crippen MR) is 84.6 cm³/mol. The van der Waals surface area contributed by atoms with E-state index in [1.807, 2.05) is 0 Å². The Morgan fingerprint density at radius 1 is 1.15 bits per heavy atom. The molecule has 0 radical (unpaired) electrons. The number of carbonyl (C=O) groups excluding carboxylic acids is 1. The third-order valence-electron chi connectivity index (χ3n) is 5.17.